The van der Waals surface area contributed by atoms with Crippen molar-refractivity contribution in [3.63, 3.8) is 0 Å². The van der Waals surface area contributed by atoms with Gasteiger partial charge in [-0.25, -0.2) is 9.97 Å². The Kier molecular flexibility index (Phi) is 5.56. The lowest BCUT2D eigenvalue weighted by atomic mass is 10.1. The molecule has 0 aliphatic carbocycles. The number of benzene rings is 2. The van der Waals surface area contributed by atoms with Crippen LogP contribution >= 0.6 is 0 Å². The Labute approximate surface area is 202 Å². The average molecular weight is 464 g/mol. The molecular formula is C27H25N7O. The number of nitrogens with one attached hydrogen (secondary N) is 2. The lowest BCUT2D eigenvalue weighted by molar-refractivity contribution is 0.692. The Bertz CT molecular complexity index is 1550. The number of anilines is 1. The normalized spacial score (nSPS) is 12.7. The van der Waals surface area contributed by atoms with E-state index in [0.717, 1.165) is 35.4 Å². The van der Waals surface area contributed by atoms with Crippen LogP contribution in [0.25, 0.3) is 11.0 Å². The summed E-state index contributed by atoms with van der Waals surface area (Å²) < 4.78 is 3.59. The van der Waals surface area contributed by atoms with E-state index in [1.165, 1.54) is 16.7 Å². The fraction of sp³-hybridized carbons (Fsp3) is 0.185. The standard InChI is InChI=1S/C27H25N7O/c35-25-3-1-2-10-33(25)15-19-4-6-20(7-5-19)16-34-17-24-26(30-18-31-27(24)32-34)29-12-21-8-9-22-13-28-14-23(22)11-21/h1-11,17-18,28H,12-16H2,(H,29,30,31,32). The van der Waals surface area contributed by atoms with Crippen LogP contribution in [0, 0.1) is 0 Å². The molecule has 3 aromatic heterocycles. The zero-order valence-electron chi connectivity index (χ0n) is 19.2. The van der Waals surface area contributed by atoms with Crippen LogP contribution in [0.4, 0.5) is 5.82 Å². The van der Waals surface area contributed by atoms with Gasteiger partial charge in [0, 0.05) is 38.1 Å². The van der Waals surface area contributed by atoms with E-state index in [-0.39, 0.29) is 5.56 Å². The van der Waals surface area contributed by atoms with E-state index in [4.69, 9.17) is 0 Å². The minimum Gasteiger partial charge on any atom is -0.365 e. The van der Waals surface area contributed by atoms with E-state index in [9.17, 15) is 4.79 Å². The number of nitrogens with zero attached hydrogens (tertiary/aromatic N) is 5. The van der Waals surface area contributed by atoms with Crippen molar-refractivity contribution in [2.45, 2.75) is 32.7 Å². The Balaban J connectivity index is 1.15. The predicted octanol–water partition coefficient (Wildman–Crippen LogP) is 3.30. The van der Waals surface area contributed by atoms with Gasteiger partial charge in [0.15, 0.2) is 5.65 Å². The predicted molar refractivity (Wildman–Crippen MR) is 135 cm³/mol. The Hall–Kier alpha value is -4.30. The molecule has 1 aliphatic heterocycles. The highest BCUT2D eigenvalue weighted by atomic mass is 16.1. The molecule has 0 bridgehead atoms. The summed E-state index contributed by atoms with van der Waals surface area (Å²) in [5.41, 5.74) is 6.83. The first-order chi connectivity index (χ1) is 17.2. The monoisotopic (exact) mass is 463 g/mol. The van der Waals surface area contributed by atoms with Crippen molar-refractivity contribution in [2.75, 3.05) is 5.32 Å². The van der Waals surface area contributed by atoms with Gasteiger partial charge in [0.2, 0.25) is 0 Å². The van der Waals surface area contributed by atoms with Gasteiger partial charge in [-0.3, -0.25) is 9.48 Å². The molecule has 35 heavy (non-hydrogen) atoms. The molecule has 0 spiro atoms. The van der Waals surface area contributed by atoms with Gasteiger partial charge in [-0.05, 0) is 33.9 Å². The summed E-state index contributed by atoms with van der Waals surface area (Å²) in [5, 5.41) is 12.4. The second kappa shape index (κ2) is 9.15. The maximum absolute atomic E-state index is 11.9. The molecular weight excluding hydrogens is 438 g/mol. The molecule has 0 fully saturated rings. The molecule has 0 saturated carbocycles. The van der Waals surface area contributed by atoms with Crippen LogP contribution in [-0.4, -0.2) is 24.3 Å². The highest BCUT2D eigenvalue weighted by Gasteiger charge is 2.12. The first-order valence-corrected chi connectivity index (χ1v) is 11.7. The zero-order valence-corrected chi connectivity index (χ0v) is 19.2. The van der Waals surface area contributed by atoms with Crippen LogP contribution in [0.3, 0.4) is 0 Å². The molecule has 1 aliphatic rings. The molecule has 174 valence electrons. The maximum Gasteiger partial charge on any atom is 0.250 e. The number of aromatic nitrogens is 5. The molecule has 0 unspecified atom stereocenters. The number of rotatable bonds is 7. The minimum atomic E-state index is -0.00138. The van der Waals surface area contributed by atoms with Crippen LogP contribution < -0.4 is 16.2 Å². The Morgan fingerprint density at radius 1 is 0.886 bits per heavy atom. The second-order valence-electron chi connectivity index (χ2n) is 8.83. The van der Waals surface area contributed by atoms with Gasteiger partial charge in [0.25, 0.3) is 5.56 Å². The summed E-state index contributed by atoms with van der Waals surface area (Å²) in [4.78, 5) is 20.8. The summed E-state index contributed by atoms with van der Waals surface area (Å²) in [7, 11) is 0. The summed E-state index contributed by atoms with van der Waals surface area (Å²) in [6, 6.07) is 20.1. The van der Waals surface area contributed by atoms with Gasteiger partial charge in [-0.15, -0.1) is 0 Å². The summed E-state index contributed by atoms with van der Waals surface area (Å²) in [6.07, 6.45) is 5.34. The van der Waals surface area contributed by atoms with Gasteiger partial charge in [0.05, 0.1) is 18.5 Å². The molecule has 2 aromatic carbocycles. The van der Waals surface area contributed by atoms with Gasteiger partial charge < -0.3 is 15.2 Å². The Morgan fingerprint density at radius 2 is 1.69 bits per heavy atom. The summed E-state index contributed by atoms with van der Waals surface area (Å²) >= 11 is 0. The van der Waals surface area contributed by atoms with Crippen LogP contribution in [-0.2, 0) is 32.7 Å². The average Bonchev–Trinajstić information content (AvgIpc) is 3.51. The highest BCUT2D eigenvalue weighted by Crippen LogP contribution is 2.21. The molecule has 0 saturated heterocycles. The summed E-state index contributed by atoms with van der Waals surface area (Å²) in [6.45, 7) is 3.75. The van der Waals surface area contributed by atoms with Crippen molar-refractivity contribution in [1.29, 1.82) is 0 Å². The van der Waals surface area contributed by atoms with E-state index in [1.54, 1.807) is 29.2 Å². The molecule has 8 heteroatoms. The number of hydrogen-bond acceptors (Lipinski definition) is 6. The quantitative estimate of drug-likeness (QED) is 0.385. The van der Waals surface area contributed by atoms with Crippen LogP contribution in [0.1, 0.15) is 27.8 Å². The molecule has 0 radical (unpaired) electrons. The van der Waals surface area contributed by atoms with Crippen molar-refractivity contribution in [3.8, 4) is 0 Å². The topological polar surface area (TPSA) is 89.7 Å². The smallest absolute Gasteiger partial charge is 0.250 e. The highest BCUT2D eigenvalue weighted by molar-refractivity contribution is 5.85. The summed E-state index contributed by atoms with van der Waals surface area (Å²) in [5.74, 6) is 0.781. The van der Waals surface area contributed by atoms with Gasteiger partial charge in [0.1, 0.15) is 12.1 Å². The first kappa shape index (κ1) is 21.2. The number of pyridine rings is 1. The molecule has 0 atom stereocenters. The van der Waals surface area contributed by atoms with E-state index in [0.29, 0.717) is 25.3 Å². The molecule has 6 rings (SSSR count). The van der Waals surface area contributed by atoms with Crippen molar-refractivity contribution in [3.05, 3.63) is 118 Å². The van der Waals surface area contributed by atoms with Gasteiger partial charge in [-0.2, -0.15) is 5.10 Å². The van der Waals surface area contributed by atoms with Gasteiger partial charge >= 0.3 is 0 Å². The zero-order chi connectivity index (χ0) is 23.6. The number of fused-ring (bicyclic) bond motifs is 2. The van der Waals surface area contributed by atoms with E-state index >= 15 is 0 Å². The van der Waals surface area contributed by atoms with Crippen LogP contribution in [0.2, 0.25) is 0 Å². The second-order valence-corrected chi connectivity index (χ2v) is 8.83. The third kappa shape index (κ3) is 4.56. The largest absolute Gasteiger partial charge is 0.365 e. The van der Waals surface area contributed by atoms with E-state index in [1.807, 2.05) is 16.9 Å². The molecule has 8 nitrogen and oxygen atoms in total. The maximum atomic E-state index is 11.9. The number of hydrogen-bond donors (Lipinski definition) is 2. The van der Waals surface area contributed by atoms with E-state index in [2.05, 4.69) is 68.2 Å². The molecule has 5 aromatic rings. The third-order valence-electron chi connectivity index (χ3n) is 6.35. The lowest BCUT2D eigenvalue weighted by Gasteiger charge is -2.08. The van der Waals surface area contributed by atoms with Crippen molar-refractivity contribution in [1.82, 2.24) is 29.6 Å². The van der Waals surface area contributed by atoms with Crippen molar-refractivity contribution in [2.24, 2.45) is 0 Å². The van der Waals surface area contributed by atoms with Gasteiger partial charge in [-0.1, -0.05) is 48.5 Å². The molecule has 2 N–H and O–H groups in total. The van der Waals surface area contributed by atoms with Crippen LogP contribution in [0.5, 0.6) is 0 Å². The van der Waals surface area contributed by atoms with E-state index < -0.39 is 0 Å². The third-order valence-corrected chi connectivity index (χ3v) is 6.35. The first-order valence-electron chi connectivity index (χ1n) is 11.7. The van der Waals surface area contributed by atoms with Crippen molar-refractivity contribution < 1.29 is 0 Å². The minimum absolute atomic E-state index is 0.00138. The molecule has 4 heterocycles. The van der Waals surface area contributed by atoms with Crippen LogP contribution in [0.15, 0.2) is 84.2 Å². The lowest BCUT2D eigenvalue weighted by Crippen LogP contribution is -2.18. The Morgan fingerprint density at radius 3 is 2.54 bits per heavy atom. The fourth-order valence-electron chi connectivity index (χ4n) is 4.48. The molecule has 0 amide bonds. The van der Waals surface area contributed by atoms with Crippen molar-refractivity contribution >= 4 is 16.9 Å². The fourth-order valence-corrected chi connectivity index (χ4v) is 4.48. The SMILES string of the molecule is O=c1ccccn1Cc1ccc(Cn2cc3c(NCc4ccc5c(c4)CNC5)ncnc3n2)cc1.